The molecule has 3 rings (SSSR count). The summed E-state index contributed by atoms with van der Waals surface area (Å²) in [7, 11) is 0. The van der Waals surface area contributed by atoms with Gasteiger partial charge in [0.1, 0.15) is 24.0 Å². The second kappa shape index (κ2) is 6.75. The van der Waals surface area contributed by atoms with E-state index in [2.05, 4.69) is 25.1 Å². The van der Waals surface area contributed by atoms with Crippen molar-refractivity contribution in [2.75, 3.05) is 0 Å². The normalized spacial score (nSPS) is 15.4. The van der Waals surface area contributed by atoms with Crippen molar-refractivity contribution in [3.63, 3.8) is 0 Å². The topological polar surface area (TPSA) is 90.9 Å². The van der Waals surface area contributed by atoms with Crippen LogP contribution in [0.5, 0.6) is 5.75 Å². The van der Waals surface area contributed by atoms with Gasteiger partial charge in [-0.3, -0.25) is 0 Å². The Bertz CT molecular complexity index is 820. The van der Waals surface area contributed by atoms with Gasteiger partial charge in [-0.2, -0.15) is 5.10 Å². The Balaban J connectivity index is 1.95. The molecule has 2 aromatic heterocycles. The van der Waals surface area contributed by atoms with Crippen molar-refractivity contribution in [2.24, 2.45) is 0 Å². The lowest BCUT2D eigenvalue weighted by atomic mass is 9.87. The Morgan fingerprint density at radius 2 is 1.96 bits per heavy atom. The van der Waals surface area contributed by atoms with Gasteiger partial charge < -0.3 is 9.84 Å². The van der Waals surface area contributed by atoms with Gasteiger partial charge in [-0.1, -0.05) is 17.3 Å². The molecule has 8 nitrogen and oxygen atoms in total. The van der Waals surface area contributed by atoms with E-state index in [1.165, 1.54) is 40.3 Å². The Morgan fingerprint density at radius 3 is 2.50 bits per heavy atom. The van der Waals surface area contributed by atoms with Gasteiger partial charge in [0.15, 0.2) is 0 Å². The van der Waals surface area contributed by atoms with Crippen molar-refractivity contribution in [2.45, 2.75) is 31.5 Å². The smallest absolute Gasteiger partial charge is 0.406 e. The minimum atomic E-state index is -4.79. The summed E-state index contributed by atoms with van der Waals surface area (Å²) in [6, 6.07) is 4.42. The van der Waals surface area contributed by atoms with Crippen LogP contribution in [-0.2, 0) is 12.1 Å². The highest BCUT2D eigenvalue weighted by molar-refractivity contribution is 5.31. The van der Waals surface area contributed by atoms with Gasteiger partial charge in [-0.05, 0) is 24.6 Å². The molecule has 0 saturated carbocycles. The van der Waals surface area contributed by atoms with Crippen LogP contribution in [0, 0.1) is 0 Å². The van der Waals surface area contributed by atoms with Gasteiger partial charge in [0, 0.05) is 6.20 Å². The molecule has 0 spiro atoms. The molecular formula is C15H15F3N6O2. The Labute approximate surface area is 145 Å². The molecular weight excluding hydrogens is 353 g/mol. The number of rotatable bonds is 6. The highest BCUT2D eigenvalue weighted by atomic mass is 19.4. The van der Waals surface area contributed by atoms with E-state index in [1.807, 2.05) is 0 Å². The second-order valence-corrected chi connectivity index (χ2v) is 5.65. The largest absolute Gasteiger partial charge is 0.573 e. The predicted molar refractivity (Wildman–Crippen MR) is 81.8 cm³/mol. The molecule has 2 atom stereocenters. The van der Waals surface area contributed by atoms with Crippen molar-refractivity contribution >= 4 is 0 Å². The van der Waals surface area contributed by atoms with Crippen LogP contribution in [0.25, 0.3) is 0 Å². The summed E-state index contributed by atoms with van der Waals surface area (Å²) in [5, 5.41) is 23.0. The predicted octanol–water partition coefficient (Wildman–Crippen LogP) is 1.92. The fourth-order valence-corrected chi connectivity index (χ4v) is 2.61. The van der Waals surface area contributed by atoms with Crippen molar-refractivity contribution < 1.29 is 23.0 Å². The Hall–Kier alpha value is -2.95. The van der Waals surface area contributed by atoms with Crippen LogP contribution < -0.4 is 4.74 Å². The highest BCUT2D eigenvalue weighted by Gasteiger charge is 2.39. The molecule has 0 fully saturated rings. The maximum atomic E-state index is 12.3. The number of hydrogen-bond donors (Lipinski definition) is 1. The molecule has 26 heavy (non-hydrogen) atoms. The number of aliphatic hydroxyl groups is 1. The number of halogens is 3. The lowest BCUT2D eigenvalue weighted by Gasteiger charge is -2.34. The van der Waals surface area contributed by atoms with Crippen molar-refractivity contribution in [1.29, 1.82) is 0 Å². The van der Waals surface area contributed by atoms with Gasteiger partial charge in [-0.15, -0.1) is 18.3 Å². The van der Waals surface area contributed by atoms with Crippen molar-refractivity contribution in [1.82, 2.24) is 29.8 Å². The molecule has 2 unspecified atom stereocenters. The van der Waals surface area contributed by atoms with Crippen molar-refractivity contribution in [3.05, 3.63) is 54.9 Å². The second-order valence-electron chi connectivity index (χ2n) is 5.65. The molecule has 0 aliphatic carbocycles. The number of benzene rings is 1. The third-order valence-corrected chi connectivity index (χ3v) is 3.99. The highest BCUT2D eigenvalue weighted by Crippen LogP contribution is 2.35. The summed E-state index contributed by atoms with van der Waals surface area (Å²) in [4.78, 5) is 3.84. The van der Waals surface area contributed by atoms with E-state index in [0.717, 1.165) is 12.1 Å². The molecule has 0 amide bonds. The van der Waals surface area contributed by atoms with Crippen LogP contribution in [0.3, 0.4) is 0 Å². The Morgan fingerprint density at radius 1 is 1.23 bits per heavy atom. The van der Waals surface area contributed by atoms with Gasteiger partial charge in [0.2, 0.25) is 0 Å². The Kier molecular flexibility index (Phi) is 4.64. The monoisotopic (exact) mass is 368 g/mol. The zero-order valence-electron chi connectivity index (χ0n) is 13.6. The van der Waals surface area contributed by atoms with E-state index in [-0.39, 0.29) is 12.3 Å². The van der Waals surface area contributed by atoms with Crippen molar-refractivity contribution in [3.8, 4) is 5.75 Å². The van der Waals surface area contributed by atoms with E-state index >= 15 is 0 Å². The first kappa shape index (κ1) is 17.9. The standard InChI is InChI=1S/C15H15F3N6O2/c1-11(24-7-6-20-22-24)14(25,8-23-10-19-9-21-23)12-2-4-13(5-3-12)26-15(16,17)18/h2-7,9-11,25H,8H2,1H3. The molecule has 0 aliphatic rings. The van der Waals surface area contributed by atoms with Crippen LogP contribution in [0.2, 0.25) is 0 Å². The minimum absolute atomic E-state index is 0.00744. The maximum Gasteiger partial charge on any atom is 0.573 e. The third kappa shape index (κ3) is 3.82. The molecule has 0 radical (unpaired) electrons. The van der Waals surface area contributed by atoms with Crippen LogP contribution >= 0.6 is 0 Å². The molecule has 1 N–H and O–H groups in total. The van der Waals surface area contributed by atoms with Gasteiger partial charge in [0.05, 0.1) is 18.8 Å². The number of hydrogen-bond acceptors (Lipinski definition) is 6. The molecule has 2 heterocycles. The van der Waals surface area contributed by atoms with E-state index in [9.17, 15) is 18.3 Å². The van der Waals surface area contributed by atoms with Crippen LogP contribution in [0.15, 0.2) is 49.3 Å². The molecule has 0 aliphatic heterocycles. The summed E-state index contributed by atoms with van der Waals surface area (Å²) in [6.07, 6.45) is 1.01. The third-order valence-electron chi connectivity index (χ3n) is 3.99. The molecule has 138 valence electrons. The number of alkyl halides is 3. The fraction of sp³-hybridized carbons (Fsp3) is 0.333. The zero-order chi connectivity index (χ0) is 18.8. The SMILES string of the molecule is CC(n1ccnn1)C(O)(Cn1cncn1)c1ccc(OC(F)(F)F)cc1. The fourth-order valence-electron chi connectivity index (χ4n) is 2.61. The minimum Gasteiger partial charge on any atom is -0.406 e. The van der Waals surface area contributed by atoms with E-state index in [1.54, 1.807) is 13.1 Å². The maximum absolute atomic E-state index is 12.3. The first-order chi connectivity index (χ1) is 12.3. The summed E-state index contributed by atoms with van der Waals surface area (Å²) in [5.74, 6) is -0.377. The van der Waals surface area contributed by atoms with Crippen LogP contribution in [-0.4, -0.2) is 41.2 Å². The molecule has 0 saturated heterocycles. The van der Waals surface area contributed by atoms with Crippen LogP contribution in [0.4, 0.5) is 13.2 Å². The zero-order valence-corrected chi connectivity index (χ0v) is 13.6. The summed E-state index contributed by atoms with van der Waals surface area (Å²) < 4.78 is 43.8. The number of aromatic nitrogens is 6. The quantitative estimate of drug-likeness (QED) is 0.715. The molecule has 1 aromatic carbocycles. The van der Waals surface area contributed by atoms with Crippen LogP contribution in [0.1, 0.15) is 18.5 Å². The van der Waals surface area contributed by atoms with E-state index in [4.69, 9.17) is 0 Å². The summed E-state index contributed by atoms with van der Waals surface area (Å²) in [6.45, 7) is 1.72. The molecule has 0 bridgehead atoms. The van der Waals surface area contributed by atoms with Gasteiger partial charge in [-0.25, -0.2) is 14.3 Å². The van der Waals surface area contributed by atoms with Gasteiger partial charge >= 0.3 is 6.36 Å². The molecule has 3 aromatic rings. The van der Waals surface area contributed by atoms with Gasteiger partial charge in [0.25, 0.3) is 0 Å². The molecule has 11 heteroatoms. The average Bonchev–Trinajstić information content (AvgIpc) is 3.26. The van der Waals surface area contributed by atoms with E-state index in [0.29, 0.717) is 5.56 Å². The number of ether oxygens (including phenoxy) is 1. The first-order valence-electron chi connectivity index (χ1n) is 7.55. The number of nitrogens with zero attached hydrogens (tertiary/aromatic N) is 6. The first-order valence-corrected chi connectivity index (χ1v) is 7.55. The lowest BCUT2D eigenvalue weighted by molar-refractivity contribution is -0.274. The lowest BCUT2D eigenvalue weighted by Crippen LogP contribution is -2.40. The van der Waals surface area contributed by atoms with E-state index < -0.39 is 18.0 Å². The average molecular weight is 368 g/mol. The summed E-state index contributed by atoms with van der Waals surface area (Å²) in [5.41, 5.74) is -1.18. The summed E-state index contributed by atoms with van der Waals surface area (Å²) >= 11 is 0.